The topological polar surface area (TPSA) is 98.5 Å². The van der Waals surface area contributed by atoms with Gasteiger partial charge in [-0.05, 0) is 25.0 Å². The highest BCUT2D eigenvalue weighted by Gasteiger charge is 2.29. The molecule has 0 aliphatic carbocycles. The Bertz CT molecular complexity index is 835. The van der Waals surface area contributed by atoms with Gasteiger partial charge in [0.2, 0.25) is 0 Å². The van der Waals surface area contributed by atoms with Gasteiger partial charge >= 0.3 is 0 Å². The number of nitrogens with one attached hydrogen (secondary N) is 2. The number of allylic oxidation sites excluding steroid dienone is 2. The highest BCUT2D eigenvalue weighted by Crippen LogP contribution is 2.32. The molecule has 0 bridgehead atoms. The van der Waals surface area contributed by atoms with E-state index >= 15 is 0 Å². The molecular weight excluding hydrogens is 384 g/mol. The lowest BCUT2D eigenvalue weighted by Gasteiger charge is -2.30. The van der Waals surface area contributed by atoms with Gasteiger partial charge in [0.05, 0.1) is 16.1 Å². The van der Waals surface area contributed by atoms with E-state index in [1.54, 1.807) is 23.0 Å². The van der Waals surface area contributed by atoms with Crippen molar-refractivity contribution in [3.8, 4) is 0 Å². The van der Waals surface area contributed by atoms with Crippen LogP contribution < -0.4 is 16.2 Å². The van der Waals surface area contributed by atoms with E-state index in [9.17, 15) is 9.70 Å². The molecule has 1 atom stereocenters. The summed E-state index contributed by atoms with van der Waals surface area (Å²) in [6, 6.07) is 4.41. The van der Waals surface area contributed by atoms with Crippen LogP contribution in [0.2, 0.25) is 5.02 Å². The summed E-state index contributed by atoms with van der Waals surface area (Å²) in [5, 5.41) is 5.28. The number of nitrogens with zero attached hydrogens (tertiary/aromatic N) is 1. The van der Waals surface area contributed by atoms with Crippen molar-refractivity contribution in [3.63, 3.8) is 0 Å². The van der Waals surface area contributed by atoms with Gasteiger partial charge in [-0.15, -0.1) is 0 Å². The van der Waals surface area contributed by atoms with E-state index in [4.69, 9.17) is 17.3 Å². The number of carbonyl (C=O) groups excluding carboxylic acids is 1. The van der Waals surface area contributed by atoms with Crippen LogP contribution in [-0.2, 0) is 0 Å². The third-order valence-corrected chi connectivity index (χ3v) is 5.27. The van der Waals surface area contributed by atoms with Crippen LogP contribution in [0.15, 0.2) is 59.6 Å². The Labute approximate surface area is 167 Å². The fraction of sp³-hybridized carbons (Fsp3) is 0.263. The molecule has 1 heterocycles. The van der Waals surface area contributed by atoms with E-state index in [-0.39, 0.29) is 16.5 Å². The van der Waals surface area contributed by atoms with Crippen LogP contribution in [0.3, 0.4) is 0 Å². The molecular formula is C19H22ClN4O2S+. The highest BCUT2D eigenvalue weighted by molar-refractivity contribution is 8.13. The number of hydrogen-bond donors (Lipinski definition) is 3. The molecule has 142 valence electrons. The molecule has 1 unspecified atom stereocenters. The number of nitroso groups, excluding NO2 is 1. The van der Waals surface area contributed by atoms with Crippen LogP contribution in [0.5, 0.6) is 0 Å². The number of amidine groups is 1. The summed E-state index contributed by atoms with van der Waals surface area (Å²) in [5.41, 5.74) is 7.05. The summed E-state index contributed by atoms with van der Waals surface area (Å²) in [7, 11) is 0. The number of nitrogens with two attached hydrogens (primary N) is 1. The van der Waals surface area contributed by atoms with Crippen LogP contribution in [0.1, 0.15) is 23.7 Å². The molecule has 27 heavy (non-hydrogen) atoms. The minimum Gasteiger partial charge on any atom is -0.379 e. The first-order valence-electron chi connectivity index (χ1n) is 8.33. The maximum atomic E-state index is 12.2. The highest BCUT2D eigenvalue weighted by atomic mass is 35.5. The van der Waals surface area contributed by atoms with Gasteiger partial charge in [-0.1, -0.05) is 54.2 Å². The fourth-order valence-corrected chi connectivity index (χ4v) is 3.85. The van der Waals surface area contributed by atoms with Gasteiger partial charge in [-0.3, -0.25) is 9.79 Å². The molecule has 1 aromatic rings. The Balaban J connectivity index is 1.97. The lowest BCUT2D eigenvalue weighted by molar-refractivity contribution is -0.379. The molecule has 0 spiro atoms. The van der Waals surface area contributed by atoms with Gasteiger partial charge in [0, 0.05) is 34.5 Å². The summed E-state index contributed by atoms with van der Waals surface area (Å²) in [4.78, 5) is 27.3. The molecule has 0 radical (unpaired) electrons. The zero-order chi connectivity index (χ0) is 19.9. The predicted molar refractivity (Wildman–Crippen MR) is 112 cm³/mol. The Morgan fingerprint density at radius 2 is 2.33 bits per heavy atom. The molecule has 6 nitrogen and oxygen atoms in total. The number of thioether (sulfide) groups is 1. The Kier molecular flexibility index (Phi) is 7.38. The van der Waals surface area contributed by atoms with Crippen LogP contribution in [0.4, 0.5) is 5.69 Å². The molecule has 2 rings (SSSR count). The maximum Gasteiger partial charge on any atom is 0.254 e. The van der Waals surface area contributed by atoms with Gasteiger partial charge in [0.15, 0.2) is 5.17 Å². The largest absolute Gasteiger partial charge is 0.379 e. The van der Waals surface area contributed by atoms with Crippen molar-refractivity contribution in [1.82, 2.24) is 5.32 Å². The van der Waals surface area contributed by atoms with Crippen molar-refractivity contribution < 1.29 is 9.97 Å². The molecule has 0 saturated heterocycles. The predicted octanol–water partition coefficient (Wildman–Crippen LogP) is 2.43. The SMILES string of the molecule is C=C/C(=C\C=C/CNC(=O)c1ccc([NH+]=O)cc1Cl)C1(C)CCSC(N)=N1. The smallest absolute Gasteiger partial charge is 0.254 e. The van der Waals surface area contributed by atoms with E-state index < -0.39 is 0 Å². The quantitative estimate of drug-likeness (QED) is 0.606. The second-order valence-corrected chi connectivity index (χ2v) is 7.61. The second-order valence-electron chi connectivity index (χ2n) is 6.08. The molecule has 0 fully saturated rings. The fourth-order valence-electron chi connectivity index (χ4n) is 2.61. The number of benzene rings is 1. The number of rotatable bonds is 7. The van der Waals surface area contributed by atoms with Crippen LogP contribution in [0, 0.1) is 4.91 Å². The van der Waals surface area contributed by atoms with Gasteiger partial charge in [0.25, 0.3) is 11.6 Å². The van der Waals surface area contributed by atoms with Gasteiger partial charge in [-0.2, -0.15) is 0 Å². The number of carbonyl (C=O) groups is 1. The van der Waals surface area contributed by atoms with Crippen LogP contribution >= 0.6 is 23.4 Å². The number of hydrogen-bond acceptors (Lipinski definition) is 5. The first-order valence-corrected chi connectivity index (χ1v) is 9.70. The van der Waals surface area contributed by atoms with E-state index in [1.807, 2.05) is 25.2 Å². The van der Waals surface area contributed by atoms with Crippen molar-refractivity contribution >= 4 is 40.1 Å². The molecule has 0 aromatic heterocycles. The third kappa shape index (κ3) is 5.55. The summed E-state index contributed by atoms with van der Waals surface area (Å²) >= 11 is 7.57. The molecule has 0 saturated carbocycles. The van der Waals surface area contributed by atoms with Gasteiger partial charge in [0.1, 0.15) is 0 Å². The van der Waals surface area contributed by atoms with E-state index in [2.05, 4.69) is 16.9 Å². The van der Waals surface area contributed by atoms with Crippen molar-refractivity contribution in [2.45, 2.75) is 18.9 Å². The molecule has 1 amide bonds. The standard InChI is InChI=1S/C19H21ClN4O2S/c1-3-13(19(2)9-11-27-18(21)23-19)6-4-5-10-22-17(25)15-8-7-14(24-26)12-16(15)20/h3-8,12H,1,9-11H2,2H3,(H2,21,23)(H,22,25)/p+1/b5-4-,13-6+. The molecule has 1 aliphatic heterocycles. The van der Waals surface area contributed by atoms with Crippen molar-refractivity contribution in [2.75, 3.05) is 12.3 Å². The third-order valence-electron chi connectivity index (χ3n) is 4.16. The number of halogens is 1. The average molecular weight is 406 g/mol. The molecule has 8 heteroatoms. The molecule has 4 N–H and O–H groups in total. The zero-order valence-electron chi connectivity index (χ0n) is 15.0. The summed E-state index contributed by atoms with van der Waals surface area (Å²) in [5.74, 6) is 0.599. The second kappa shape index (κ2) is 9.53. The Hall–Kier alpha value is -2.38. The Morgan fingerprint density at radius 3 is 2.96 bits per heavy atom. The monoisotopic (exact) mass is 405 g/mol. The van der Waals surface area contributed by atoms with Crippen molar-refractivity contribution in [3.05, 3.63) is 70.1 Å². The van der Waals surface area contributed by atoms with E-state index in [0.717, 1.165) is 17.7 Å². The molecule has 1 aliphatic rings. The summed E-state index contributed by atoms with van der Waals surface area (Å²) in [6.45, 7) is 6.23. The van der Waals surface area contributed by atoms with Gasteiger partial charge < -0.3 is 11.1 Å². The minimum absolute atomic E-state index is 0.213. The normalized spacial score (nSPS) is 20.2. The van der Waals surface area contributed by atoms with Gasteiger partial charge in [-0.25, -0.2) is 0 Å². The Morgan fingerprint density at radius 1 is 1.56 bits per heavy atom. The summed E-state index contributed by atoms with van der Waals surface area (Å²) in [6.07, 6.45) is 8.25. The zero-order valence-corrected chi connectivity index (χ0v) is 16.6. The van der Waals surface area contributed by atoms with Crippen molar-refractivity contribution in [1.29, 1.82) is 0 Å². The lowest BCUT2D eigenvalue weighted by atomic mass is 9.89. The van der Waals surface area contributed by atoms with Crippen molar-refractivity contribution in [2.24, 2.45) is 10.7 Å². The first-order chi connectivity index (χ1) is 12.9. The summed E-state index contributed by atoms with van der Waals surface area (Å²) < 4.78 is 0. The lowest BCUT2D eigenvalue weighted by Crippen LogP contribution is -2.55. The van der Waals surface area contributed by atoms with Crippen LogP contribution in [-0.4, -0.2) is 28.9 Å². The van der Waals surface area contributed by atoms with E-state index in [0.29, 0.717) is 23.0 Å². The average Bonchev–Trinajstić information content (AvgIpc) is 2.63. The maximum absolute atomic E-state index is 12.2. The van der Waals surface area contributed by atoms with E-state index in [1.165, 1.54) is 18.2 Å². The molecule has 1 aromatic carbocycles. The number of amides is 1. The minimum atomic E-state index is -0.379. The number of aliphatic imine (C=N–C) groups is 1. The van der Waals surface area contributed by atoms with Crippen LogP contribution in [0.25, 0.3) is 0 Å². The first kappa shape index (κ1) is 20.9.